The van der Waals surface area contributed by atoms with Gasteiger partial charge in [0.25, 0.3) is 11.5 Å². The maximum atomic E-state index is 13.3. The van der Waals surface area contributed by atoms with Crippen LogP contribution < -0.4 is 10.9 Å². The van der Waals surface area contributed by atoms with Gasteiger partial charge in [0.05, 0.1) is 28.6 Å². The molecule has 4 aromatic rings. The first-order valence-electron chi connectivity index (χ1n) is 11.7. The molecule has 0 aliphatic carbocycles. The SMILES string of the molecule is Cn1c(-c2cccc(C(F)(F)F)c2)nc2c(C(=O)Nc3ccnc(CN4CCCC4)n3)cccc2c1=O. The Morgan fingerprint density at radius 2 is 1.81 bits per heavy atom. The van der Waals surface area contributed by atoms with Crippen LogP contribution in [-0.2, 0) is 19.8 Å². The number of benzene rings is 2. The minimum Gasteiger partial charge on any atom is -0.306 e. The molecule has 0 saturated carbocycles. The predicted molar refractivity (Wildman–Crippen MR) is 132 cm³/mol. The minimum atomic E-state index is -4.55. The third-order valence-corrected chi connectivity index (χ3v) is 6.31. The van der Waals surface area contributed by atoms with E-state index in [1.807, 2.05) is 0 Å². The Balaban J connectivity index is 1.51. The molecule has 0 bridgehead atoms. The van der Waals surface area contributed by atoms with E-state index in [1.165, 1.54) is 35.9 Å². The summed E-state index contributed by atoms with van der Waals surface area (Å²) in [5, 5.41) is 2.90. The first-order valence-corrected chi connectivity index (χ1v) is 11.7. The van der Waals surface area contributed by atoms with Gasteiger partial charge in [-0.1, -0.05) is 18.2 Å². The number of halogens is 3. The van der Waals surface area contributed by atoms with E-state index >= 15 is 0 Å². The smallest absolute Gasteiger partial charge is 0.306 e. The Bertz CT molecular complexity index is 1540. The van der Waals surface area contributed by atoms with Gasteiger partial charge in [0, 0.05) is 18.8 Å². The second-order valence-electron chi connectivity index (χ2n) is 8.88. The molecule has 5 rings (SSSR count). The molecule has 37 heavy (non-hydrogen) atoms. The van der Waals surface area contributed by atoms with Gasteiger partial charge >= 0.3 is 6.18 Å². The number of hydrogen-bond donors (Lipinski definition) is 1. The highest BCUT2D eigenvalue weighted by atomic mass is 19.4. The molecule has 2 aromatic carbocycles. The van der Waals surface area contributed by atoms with Crippen molar-refractivity contribution in [3.8, 4) is 11.4 Å². The Morgan fingerprint density at radius 1 is 1.05 bits per heavy atom. The quantitative estimate of drug-likeness (QED) is 0.433. The summed E-state index contributed by atoms with van der Waals surface area (Å²) in [4.78, 5) is 41.8. The molecule has 0 radical (unpaired) electrons. The van der Waals surface area contributed by atoms with Crippen LogP contribution in [0.3, 0.4) is 0 Å². The second kappa shape index (κ2) is 9.74. The van der Waals surface area contributed by atoms with Crippen molar-refractivity contribution in [1.29, 1.82) is 0 Å². The van der Waals surface area contributed by atoms with Crippen molar-refractivity contribution in [2.24, 2.45) is 7.05 Å². The number of nitrogens with one attached hydrogen (secondary N) is 1. The van der Waals surface area contributed by atoms with Gasteiger partial charge in [-0.15, -0.1) is 0 Å². The number of nitrogens with zero attached hydrogens (tertiary/aromatic N) is 5. The molecule has 1 amide bonds. The van der Waals surface area contributed by atoms with Gasteiger partial charge < -0.3 is 5.32 Å². The van der Waals surface area contributed by atoms with Crippen molar-refractivity contribution >= 4 is 22.6 Å². The fourth-order valence-electron chi connectivity index (χ4n) is 4.44. The molecule has 0 atom stereocenters. The van der Waals surface area contributed by atoms with E-state index in [0.717, 1.165) is 38.1 Å². The van der Waals surface area contributed by atoms with E-state index in [1.54, 1.807) is 18.3 Å². The van der Waals surface area contributed by atoms with Crippen molar-refractivity contribution in [2.45, 2.75) is 25.6 Å². The third kappa shape index (κ3) is 5.08. The lowest BCUT2D eigenvalue weighted by atomic mass is 10.1. The summed E-state index contributed by atoms with van der Waals surface area (Å²) in [5.41, 5.74) is -1.06. The van der Waals surface area contributed by atoms with E-state index in [-0.39, 0.29) is 27.9 Å². The van der Waals surface area contributed by atoms with Gasteiger partial charge in [-0.3, -0.25) is 19.1 Å². The van der Waals surface area contributed by atoms with E-state index in [2.05, 4.69) is 25.2 Å². The van der Waals surface area contributed by atoms with Crippen LogP contribution >= 0.6 is 0 Å². The Hall–Kier alpha value is -4.12. The number of likely N-dealkylation sites (tertiary alicyclic amines) is 1. The molecule has 1 aliphatic rings. The summed E-state index contributed by atoms with van der Waals surface area (Å²) in [6, 6.07) is 10.7. The van der Waals surface area contributed by atoms with Gasteiger partial charge in [0.15, 0.2) is 0 Å². The van der Waals surface area contributed by atoms with Crippen molar-refractivity contribution < 1.29 is 18.0 Å². The molecule has 0 spiro atoms. The molecule has 190 valence electrons. The largest absolute Gasteiger partial charge is 0.416 e. The van der Waals surface area contributed by atoms with Gasteiger partial charge in [-0.25, -0.2) is 15.0 Å². The van der Waals surface area contributed by atoms with Crippen molar-refractivity contribution in [3.05, 3.63) is 82.0 Å². The topological polar surface area (TPSA) is 93.0 Å². The number of carbonyl (C=O) groups excluding carboxylic acids is 1. The van der Waals surface area contributed by atoms with Gasteiger partial charge in [0.1, 0.15) is 17.5 Å². The summed E-state index contributed by atoms with van der Waals surface area (Å²) in [6.45, 7) is 2.53. The van der Waals surface area contributed by atoms with Crippen LogP contribution in [-0.4, -0.2) is 43.4 Å². The maximum Gasteiger partial charge on any atom is 0.416 e. The number of anilines is 1. The van der Waals surface area contributed by atoms with Crippen molar-refractivity contribution in [1.82, 2.24) is 24.4 Å². The summed E-state index contributed by atoms with van der Waals surface area (Å²) in [6.07, 6.45) is -0.724. The van der Waals surface area contributed by atoms with Gasteiger partial charge in [-0.05, 0) is 56.3 Å². The Labute approximate surface area is 209 Å². The van der Waals surface area contributed by atoms with Gasteiger partial charge in [-0.2, -0.15) is 13.2 Å². The molecule has 1 saturated heterocycles. The monoisotopic (exact) mass is 508 g/mol. The standard InChI is InChI=1S/C26H23F3N6O2/c1-34-23(16-6-4-7-17(14-16)26(27,28)29)33-22-18(8-5-9-19(22)25(34)37)24(36)32-20-10-11-30-21(31-20)15-35-12-2-3-13-35/h4-11,14H,2-3,12-13,15H2,1H3,(H,30,31,32,36). The second-order valence-corrected chi connectivity index (χ2v) is 8.88. The fourth-order valence-corrected chi connectivity index (χ4v) is 4.44. The molecular formula is C26H23F3N6O2. The van der Waals surface area contributed by atoms with Crippen LogP contribution in [0.4, 0.5) is 19.0 Å². The lowest BCUT2D eigenvalue weighted by Gasteiger charge is -2.14. The number of alkyl halides is 3. The van der Waals surface area contributed by atoms with Crippen LogP contribution in [0.15, 0.2) is 59.5 Å². The summed E-state index contributed by atoms with van der Waals surface area (Å²) in [5.74, 6) is 0.343. The van der Waals surface area contributed by atoms with Crippen LogP contribution in [0.5, 0.6) is 0 Å². The summed E-state index contributed by atoms with van der Waals surface area (Å²) in [7, 11) is 1.43. The van der Waals surface area contributed by atoms with E-state index < -0.39 is 23.2 Å². The van der Waals surface area contributed by atoms with Crippen LogP contribution in [0, 0.1) is 0 Å². The molecule has 1 N–H and O–H groups in total. The number of amides is 1. The maximum absolute atomic E-state index is 13.3. The van der Waals surface area contributed by atoms with Crippen molar-refractivity contribution in [3.63, 3.8) is 0 Å². The highest BCUT2D eigenvalue weighted by Crippen LogP contribution is 2.32. The zero-order chi connectivity index (χ0) is 26.2. The lowest BCUT2D eigenvalue weighted by Crippen LogP contribution is -2.23. The van der Waals surface area contributed by atoms with Crippen molar-refractivity contribution in [2.75, 3.05) is 18.4 Å². The highest BCUT2D eigenvalue weighted by molar-refractivity contribution is 6.11. The highest BCUT2D eigenvalue weighted by Gasteiger charge is 2.31. The van der Waals surface area contributed by atoms with Crippen LogP contribution in [0.1, 0.15) is 34.6 Å². The third-order valence-electron chi connectivity index (χ3n) is 6.31. The number of carbonyl (C=O) groups is 1. The molecule has 0 unspecified atom stereocenters. The Kier molecular flexibility index (Phi) is 6.46. The normalized spacial score (nSPS) is 14.3. The number of para-hydroxylation sites is 1. The zero-order valence-corrected chi connectivity index (χ0v) is 19.9. The molecule has 1 aliphatic heterocycles. The van der Waals surface area contributed by atoms with Gasteiger partial charge in [0.2, 0.25) is 0 Å². The van der Waals surface area contributed by atoms with E-state index in [4.69, 9.17) is 0 Å². The molecule has 2 aromatic heterocycles. The molecule has 1 fully saturated rings. The van der Waals surface area contributed by atoms with E-state index in [0.29, 0.717) is 18.2 Å². The number of aromatic nitrogens is 4. The van der Waals surface area contributed by atoms with Crippen LogP contribution in [0.2, 0.25) is 0 Å². The first kappa shape index (κ1) is 24.6. The molecule has 11 heteroatoms. The summed E-state index contributed by atoms with van der Waals surface area (Å²) >= 11 is 0. The number of rotatable bonds is 5. The van der Waals surface area contributed by atoms with Crippen LogP contribution in [0.25, 0.3) is 22.3 Å². The number of fused-ring (bicyclic) bond motifs is 1. The Morgan fingerprint density at radius 3 is 2.57 bits per heavy atom. The fraction of sp³-hybridized carbons (Fsp3) is 0.269. The molecule has 8 nitrogen and oxygen atoms in total. The predicted octanol–water partition coefficient (Wildman–Crippen LogP) is 4.26. The zero-order valence-electron chi connectivity index (χ0n) is 19.9. The number of hydrogen-bond acceptors (Lipinski definition) is 6. The summed E-state index contributed by atoms with van der Waals surface area (Å²) < 4.78 is 41.0. The molecule has 3 heterocycles. The average Bonchev–Trinajstić information content (AvgIpc) is 3.38. The molecular weight excluding hydrogens is 485 g/mol. The lowest BCUT2D eigenvalue weighted by molar-refractivity contribution is -0.137. The average molecular weight is 509 g/mol. The first-order chi connectivity index (χ1) is 17.7. The van der Waals surface area contributed by atoms with E-state index in [9.17, 15) is 22.8 Å². The minimum absolute atomic E-state index is 0.0128.